The number of halogens is 3. The Bertz CT molecular complexity index is 911. The Labute approximate surface area is 229 Å². The van der Waals surface area contributed by atoms with Crippen LogP contribution < -0.4 is 16.0 Å². The molecule has 1 aliphatic heterocycles. The molecule has 3 amide bonds. The van der Waals surface area contributed by atoms with Gasteiger partial charge in [0.25, 0.3) is 0 Å². The van der Waals surface area contributed by atoms with Crippen LogP contribution in [0.1, 0.15) is 68.6 Å². The zero-order chi connectivity index (χ0) is 28.3. The fourth-order valence-corrected chi connectivity index (χ4v) is 5.78. The van der Waals surface area contributed by atoms with Crippen LogP contribution in [0.5, 0.6) is 0 Å². The van der Waals surface area contributed by atoms with Gasteiger partial charge in [-0.05, 0) is 49.9 Å². The smallest absolute Gasteiger partial charge is 0.416 e. The molecule has 1 aliphatic carbocycles. The van der Waals surface area contributed by atoms with E-state index in [4.69, 9.17) is 4.74 Å². The Balaban J connectivity index is 1.69. The Morgan fingerprint density at radius 1 is 1.13 bits per heavy atom. The highest BCUT2D eigenvalue weighted by Crippen LogP contribution is 2.36. The number of methoxy groups -OCH3 is 1. The molecule has 2 fully saturated rings. The number of urea groups is 1. The van der Waals surface area contributed by atoms with Crippen molar-refractivity contribution in [3.05, 3.63) is 35.4 Å². The largest absolute Gasteiger partial charge is 0.453 e. The number of likely N-dealkylation sites (N-methyl/N-ethyl adjacent to an activating group) is 1. The second kappa shape index (κ2) is 15.3. The molecular formula is C28H43F3N4O4. The number of piperidine rings is 1. The summed E-state index contributed by atoms with van der Waals surface area (Å²) in [5.74, 6) is 0.413. The monoisotopic (exact) mass is 556 g/mol. The molecule has 1 aromatic carbocycles. The molecule has 11 heteroatoms. The predicted molar refractivity (Wildman–Crippen MR) is 142 cm³/mol. The minimum atomic E-state index is -4.48. The van der Waals surface area contributed by atoms with Gasteiger partial charge in [-0.3, -0.25) is 0 Å². The molecule has 3 atom stereocenters. The van der Waals surface area contributed by atoms with Gasteiger partial charge in [0.05, 0.1) is 25.4 Å². The molecule has 3 N–H and O–H groups in total. The highest BCUT2D eigenvalue weighted by atomic mass is 19.4. The number of hydrogen-bond acceptors (Lipinski definition) is 5. The fraction of sp³-hybridized carbons (Fsp3) is 0.714. The van der Waals surface area contributed by atoms with Crippen molar-refractivity contribution in [2.75, 3.05) is 46.9 Å². The Morgan fingerprint density at radius 3 is 2.59 bits per heavy atom. The van der Waals surface area contributed by atoms with Crippen LogP contribution in [0.15, 0.2) is 24.3 Å². The van der Waals surface area contributed by atoms with Crippen LogP contribution in [0.3, 0.4) is 0 Å². The van der Waals surface area contributed by atoms with E-state index < -0.39 is 23.9 Å². The van der Waals surface area contributed by atoms with Crippen LogP contribution >= 0.6 is 0 Å². The summed E-state index contributed by atoms with van der Waals surface area (Å²) in [6.45, 7) is 1.86. The van der Waals surface area contributed by atoms with Crippen LogP contribution in [0.4, 0.5) is 22.8 Å². The summed E-state index contributed by atoms with van der Waals surface area (Å²) >= 11 is 0. The normalized spacial score (nSPS) is 20.2. The number of alkyl halides is 3. The number of ether oxygens (including phenoxy) is 2. The second-order valence-corrected chi connectivity index (χ2v) is 10.6. The van der Waals surface area contributed by atoms with Crippen molar-refractivity contribution in [1.82, 2.24) is 20.9 Å². The van der Waals surface area contributed by atoms with E-state index in [9.17, 15) is 22.8 Å². The van der Waals surface area contributed by atoms with E-state index in [1.165, 1.54) is 45.3 Å². The molecule has 2 aliphatic rings. The average molecular weight is 557 g/mol. The first-order valence-electron chi connectivity index (χ1n) is 14.0. The van der Waals surface area contributed by atoms with E-state index in [0.717, 1.165) is 25.0 Å². The molecule has 0 radical (unpaired) electrons. The minimum Gasteiger partial charge on any atom is -0.453 e. The lowest BCUT2D eigenvalue weighted by Crippen LogP contribution is -2.52. The fourth-order valence-electron chi connectivity index (χ4n) is 5.78. The minimum absolute atomic E-state index is 0.0193. The number of hydrogen-bond donors (Lipinski definition) is 3. The number of amides is 3. The lowest BCUT2D eigenvalue weighted by Gasteiger charge is -2.38. The third-order valence-electron chi connectivity index (χ3n) is 7.69. The lowest BCUT2D eigenvalue weighted by molar-refractivity contribution is -0.137. The van der Waals surface area contributed by atoms with Gasteiger partial charge in [-0.25, -0.2) is 9.59 Å². The van der Waals surface area contributed by atoms with Crippen molar-refractivity contribution >= 4 is 12.1 Å². The number of benzene rings is 1. The molecule has 3 rings (SSSR count). The first-order chi connectivity index (χ1) is 18.7. The zero-order valence-corrected chi connectivity index (χ0v) is 23.0. The molecule has 1 aromatic rings. The standard InChI is InChI=1S/C28H43F3N4O4/c1-32-18-24(16-20-8-4-3-5-9-20)34-26(36)35-14-7-11-22(19-35)25(39-15-13-33-27(37)38-2)21-10-6-12-23(17-21)28(29,30)31/h6,10,12,17,20,22,24-25,32H,3-5,7-9,11,13-16,18-19H2,1-2H3,(H,33,37)(H,34,36)/t22-,24+,25?/m1/s1. The molecule has 220 valence electrons. The molecule has 0 bridgehead atoms. The van der Waals surface area contributed by atoms with E-state index in [1.807, 2.05) is 7.05 Å². The third kappa shape index (κ3) is 9.86. The molecule has 0 spiro atoms. The van der Waals surface area contributed by atoms with Crippen molar-refractivity contribution in [3.8, 4) is 0 Å². The van der Waals surface area contributed by atoms with E-state index in [0.29, 0.717) is 37.5 Å². The van der Waals surface area contributed by atoms with E-state index in [2.05, 4.69) is 20.7 Å². The van der Waals surface area contributed by atoms with Gasteiger partial charge in [-0.15, -0.1) is 0 Å². The number of carbonyl (C=O) groups is 2. The summed E-state index contributed by atoms with van der Waals surface area (Å²) in [5, 5.41) is 8.92. The molecule has 1 heterocycles. The van der Waals surface area contributed by atoms with Crippen LogP contribution in [-0.4, -0.2) is 70.0 Å². The van der Waals surface area contributed by atoms with Crippen molar-refractivity contribution < 1.29 is 32.2 Å². The van der Waals surface area contributed by atoms with E-state index in [1.54, 1.807) is 11.0 Å². The average Bonchev–Trinajstić information content (AvgIpc) is 2.93. The number of nitrogens with zero attached hydrogens (tertiary/aromatic N) is 1. The quantitative estimate of drug-likeness (QED) is 0.330. The van der Waals surface area contributed by atoms with Crippen LogP contribution in [0.25, 0.3) is 0 Å². The van der Waals surface area contributed by atoms with Crippen LogP contribution in [0, 0.1) is 11.8 Å². The summed E-state index contributed by atoms with van der Waals surface area (Å²) in [4.78, 5) is 26.5. The molecule has 1 saturated carbocycles. The molecule has 1 saturated heterocycles. The number of likely N-dealkylation sites (tertiary alicyclic amines) is 1. The van der Waals surface area contributed by atoms with Gasteiger partial charge in [0.2, 0.25) is 0 Å². The van der Waals surface area contributed by atoms with Gasteiger partial charge in [-0.1, -0.05) is 44.2 Å². The number of nitrogens with one attached hydrogen (secondary N) is 3. The van der Waals surface area contributed by atoms with Gasteiger partial charge in [0, 0.05) is 38.1 Å². The van der Waals surface area contributed by atoms with Crippen molar-refractivity contribution in [2.24, 2.45) is 11.8 Å². The van der Waals surface area contributed by atoms with Gasteiger partial charge < -0.3 is 30.3 Å². The molecule has 39 heavy (non-hydrogen) atoms. The Morgan fingerprint density at radius 2 is 1.90 bits per heavy atom. The maximum atomic E-state index is 13.5. The highest BCUT2D eigenvalue weighted by Gasteiger charge is 2.35. The lowest BCUT2D eigenvalue weighted by atomic mass is 9.85. The van der Waals surface area contributed by atoms with Crippen molar-refractivity contribution in [1.29, 1.82) is 0 Å². The number of alkyl carbamates (subject to hydrolysis) is 1. The first kappa shape index (κ1) is 31.0. The molecular weight excluding hydrogens is 513 g/mol. The first-order valence-corrected chi connectivity index (χ1v) is 14.0. The van der Waals surface area contributed by atoms with Crippen LogP contribution in [-0.2, 0) is 15.7 Å². The second-order valence-electron chi connectivity index (χ2n) is 10.6. The van der Waals surface area contributed by atoms with E-state index >= 15 is 0 Å². The summed E-state index contributed by atoms with van der Waals surface area (Å²) in [6.07, 6.45) is 2.76. The summed E-state index contributed by atoms with van der Waals surface area (Å²) in [6, 6.07) is 5.03. The molecule has 1 unspecified atom stereocenters. The SMILES string of the molecule is CNC[C@H](CC1CCCCC1)NC(=O)N1CCC[C@@H](C(OCCNC(=O)OC)c2cccc(C(F)(F)F)c2)C1. The Hall–Kier alpha value is -2.53. The maximum absolute atomic E-state index is 13.5. The maximum Gasteiger partial charge on any atom is 0.416 e. The van der Waals surface area contributed by atoms with E-state index in [-0.39, 0.29) is 31.1 Å². The summed E-state index contributed by atoms with van der Waals surface area (Å²) in [5.41, 5.74) is -0.343. The molecule has 8 nitrogen and oxygen atoms in total. The van der Waals surface area contributed by atoms with Gasteiger partial charge in [0.15, 0.2) is 0 Å². The van der Waals surface area contributed by atoms with Crippen molar-refractivity contribution in [3.63, 3.8) is 0 Å². The number of carbonyl (C=O) groups excluding carboxylic acids is 2. The zero-order valence-electron chi connectivity index (χ0n) is 23.0. The molecule has 0 aromatic heterocycles. The number of rotatable bonds is 11. The van der Waals surface area contributed by atoms with Gasteiger partial charge in [-0.2, -0.15) is 13.2 Å². The van der Waals surface area contributed by atoms with Gasteiger partial charge >= 0.3 is 18.3 Å². The summed E-state index contributed by atoms with van der Waals surface area (Å²) in [7, 11) is 3.13. The predicted octanol–water partition coefficient (Wildman–Crippen LogP) is 5.10. The Kier molecular flexibility index (Phi) is 12.2. The summed E-state index contributed by atoms with van der Waals surface area (Å²) < 4.78 is 51.0. The highest BCUT2D eigenvalue weighted by molar-refractivity contribution is 5.74. The van der Waals surface area contributed by atoms with Crippen molar-refractivity contribution in [2.45, 2.75) is 69.7 Å². The third-order valence-corrected chi connectivity index (χ3v) is 7.69. The topological polar surface area (TPSA) is 91.9 Å². The van der Waals surface area contributed by atoms with Crippen LogP contribution in [0.2, 0.25) is 0 Å². The van der Waals surface area contributed by atoms with Gasteiger partial charge in [0.1, 0.15) is 0 Å².